The Bertz CT molecular complexity index is 995. The standard InChI is InChI=1S/C19H17ClN6O/c1-21-18(27)16-9-11-8-12(10-13(20)17(11)25-16)24-19-23-7-5-15(26-19)14-4-2-3-6-22-14/h2-8,10,16,25H,9H2,1H3,(H,21,27)(H,23,24,26). The normalized spacial score (nSPS) is 15.0. The zero-order valence-electron chi connectivity index (χ0n) is 14.5. The number of carbonyl (C=O) groups excluding carboxylic acids is 1. The first kappa shape index (κ1) is 17.2. The summed E-state index contributed by atoms with van der Waals surface area (Å²) in [7, 11) is 1.62. The average Bonchev–Trinajstić information content (AvgIpc) is 3.13. The van der Waals surface area contributed by atoms with Crippen molar-refractivity contribution in [3.63, 3.8) is 0 Å². The van der Waals surface area contributed by atoms with Gasteiger partial charge in [-0.2, -0.15) is 0 Å². The van der Waals surface area contributed by atoms with Gasteiger partial charge in [-0.3, -0.25) is 9.78 Å². The molecule has 1 amide bonds. The number of hydrogen-bond acceptors (Lipinski definition) is 6. The van der Waals surface area contributed by atoms with Crippen LogP contribution in [0.4, 0.5) is 17.3 Å². The van der Waals surface area contributed by atoms with Crippen LogP contribution in [0.15, 0.2) is 48.8 Å². The van der Waals surface area contributed by atoms with E-state index in [4.69, 9.17) is 11.6 Å². The fourth-order valence-electron chi connectivity index (χ4n) is 3.04. The van der Waals surface area contributed by atoms with E-state index in [0.29, 0.717) is 17.4 Å². The lowest BCUT2D eigenvalue weighted by Gasteiger charge is -2.10. The van der Waals surface area contributed by atoms with Crippen molar-refractivity contribution >= 4 is 34.8 Å². The molecule has 0 saturated carbocycles. The molecule has 0 spiro atoms. The Labute approximate surface area is 161 Å². The first-order chi connectivity index (χ1) is 13.1. The third-order valence-electron chi connectivity index (χ3n) is 4.32. The highest BCUT2D eigenvalue weighted by molar-refractivity contribution is 6.34. The number of benzene rings is 1. The Kier molecular flexibility index (Phi) is 4.60. The molecule has 0 aliphatic carbocycles. The van der Waals surface area contributed by atoms with Crippen molar-refractivity contribution in [2.45, 2.75) is 12.5 Å². The third-order valence-corrected chi connectivity index (χ3v) is 4.61. The second-order valence-corrected chi connectivity index (χ2v) is 6.52. The molecule has 136 valence electrons. The summed E-state index contributed by atoms with van der Waals surface area (Å²) < 4.78 is 0. The first-order valence-corrected chi connectivity index (χ1v) is 8.84. The zero-order valence-corrected chi connectivity index (χ0v) is 15.3. The summed E-state index contributed by atoms with van der Waals surface area (Å²) in [6.07, 6.45) is 3.97. The minimum absolute atomic E-state index is 0.0665. The number of pyridine rings is 1. The van der Waals surface area contributed by atoms with Gasteiger partial charge in [-0.15, -0.1) is 0 Å². The number of nitrogens with zero attached hydrogens (tertiary/aromatic N) is 3. The van der Waals surface area contributed by atoms with Crippen molar-refractivity contribution < 1.29 is 4.79 Å². The summed E-state index contributed by atoms with van der Waals surface area (Å²) >= 11 is 6.40. The monoisotopic (exact) mass is 380 g/mol. The van der Waals surface area contributed by atoms with E-state index in [1.807, 2.05) is 24.3 Å². The molecule has 3 N–H and O–H groups in total. The van der Waals surface area contributed by atoms with E-state index >= 15 is 0 Å². The topological polar surface area (TPSA) is 91.8 Å². The van der Waals surface area contributed by atoms with Gasteiger partial charge in [0.15, 0.2) is 0 Å². The van der Waals surface area contributed by atoms with Gasteiger partial charge in [0.1, 0.15) is 6.04 Å². The van der Waals surface area contributed by atoms with Crippen molar-refractivity contribution in [1.82, 2.24) is 20.3 Å². The second-order valence-electron chi connectivity index (χ2n) is 6.11. The summed E-state index contributed by atoms with van der Waals surface area (Å²) in [6.45, 7) is 0. The Hall–Kier alpha value is -3.19. The zero-order chi connectivity index (χ0) is 18.8. The Morgan fingerprint density at radius 3 is 2.85 bits per heavy atom. The number of likely N-dealkylation sites (N-methyl/N-ethyl adjacent to an activating group) is 1. The van der Waals surface area contributed by atoms with Crippen LogP contribution in [-0.4, -0.2) is 33.9 Å². The number of rotatable bonds is 4. The minimum Gasteiger partial charge on any atom is -0.372 e. The number of aromatic nitrogens is 3. The quantitative estimate of drug-likeness (QED) is 0.644. The maximum absolute atomic E-state index is 11.9. The number of carbonyl (C=O) groups is 1. The van der Waals surface area contributed by atoms with E-state index < -0.39 is 0 Å². The average molecular weight is 381 g/mol. The maximum atomic E-state index is 11.9. The van der Waals surface area contributed by atoms with Gasteiger partial charge < -0.3 is 16.0 Å². The Morgan fingerprint density at radius 1 is 1.19 bits per heavy atom. The predicted octanol–water partition coefficient (Wildman–Crippen LogP) is 3.02. The van der Waals surface area contributed by atoms with Crippen LogP contribution >= 0.6 is 11.6 Å². The number of nitrogens with one attached hydrogen (secondary N) is 3. The van der Waals surface area contributed by atoms with Crippen LogP contribution in [-0.2, 0) is 11.2 Å². The summed E-state index contributed by atoms with van der Waals surface area (Å²) in [5.41, 5.74) is 4.02. The molecular weight excluding hydrogens is 364 g/mol. The molecule has 27 heavy (non-hydrogen) atoms. The first-order valence-electron chi connectivity index (χ1n) is 8.46. The van der Waals surface area contributed by atoms with Crippen molar-refractivity contribution in [1.29, 1.82) is 0 Å². The van der Waals surface area contributed by atoms with Crippen molar-refractivity contribution in [3.8, 4) is 11.4 Å². The van der Waals surface area contributed by atoms with Gasteiger partial charge >= 0.3 is 0 Å². The van der Waals surface area contributed by atoms with E-state index in [0.717, 1.165) is 28.3 Å². The Balaban J connectivity index is 1.58. The molecule has 0 bridgehead atoms. The highest BCUT2D eigenvalue weighted by atomic mass is 35.5. The van der Waals surface area contributed by atoms with Crippen LogP contribution in [0.3, 0.4) is 0 Å². The number of fused-ring (bicyclic) bond motifs is 1. The summed E-state index contributed by atoms with van der Waals surface area (Å²) in [5.74, 6) is 0.381. The largest absolute Gasteiger partial charge is 0.372 e. The molecule has 8 heteroatoms. The molecule has 7 nitrogen and oxygen atoms in total. The van der Waals surface area contributed by atoms with E-state index in [-0.39, 0.29) is 11.9 Å². The molecule has 0 saturated heterocycles. The van der Waals surface area contributed by atoms with Gasteiger partial charge in [0, 0.05) is 31.5 Å². The number of anilines is 3. The highest BCUT2D eigenvalue weighted by Gasteiger charge is 2.28. The van der Waals surface area contributed by atoms with E-state index in [1.54, 1.807) is 31.6 Å². The van der Waals surface area contributed by atoms with Crippen molar-refractivity contribution in [2.75, 3.05) is 17.7 Å². The minimum atomic E-state index is -0.318. The maximum Gasteiger partial charge on any atom is 0.242 e. The molecule has 1 aliphatic rings. The Morgan fingerprint density at radius 2 is 2.07 bits per heavy atom. The lowest BCUT2D eigenvalue weighted by Crippen LogP contribution is -2.36. The summed E-state index contributed by atoms with van der Waals surface area (Å²) in [4.78, 5) is 25.0. The molecule has 1 aromatic carbocycles. The molecule has 1 unspecified atom stereocenters. The van der Waals surface area contributed by atoms with E-state index in [9.17, 15) is 4.79 Å². The fourth-order valence-corrected chi connectivity index (χ4v) is 3.33. The van der Waals surface area contributed by atoms with Crippen molar-refractivity contribution in [3.05, 3.63) is 59.4 Å². The molecule has 0 radical (unpaired) electrons. The van der Waals surface area contributed by atoms with Crippen LogP contribution in [0.1, 0.15) is 5.56 Å². The molecule has 1 atom stereocenters. The fraction of sp³-hybridized carbons (Fsp3) is 0.158. The van der Waals surface area contributed by atoms with Crippen LogP contribution in [0.5, 0.6) is 0 Å². The van der Waals surface area contributed by atoms with Gasteiger partial charge in [-0.05, 0) is 35.9 Å². The van der Waals surface area contributed by atoms with E-state index in [1.165, 1.54) is 0 Å². The lowest BCUT2D eigenvalue weighted by molar-refractivity contribution is -0.121. The third kappa shape index (κ3) is 3.54. The molecule has 3 heterocycles. The lowest BCUT2D eigenvalue weighted by atomic mass is 10.1. The molecule has 0 fully saturated rings. The predicted molar refractivity (Wildman–Crippen MR) is 105 cm³/mol. The summed E-state index contributed by atoms with van der Waals surface area (Å²) in [5, 5.41) is 9.54. The van der Waals surface area contributed by atoms with Gasteiger partial charge in [0.25, 0.3) is 0 Å². The van der Waals surface area contributed by atoms with Gasteiger partial charge in [-0.1, -0.05) is 17.7 Å². The van der Waals surface area contributed by atoms with Gasteiger partial charge in [-0.25, -0.2) is 9.97 Å². The SMILES string of the molecule is CNC(=O)C1Cc2cc(Nc3nccc(-c4ccccn4)n3)cc(Cl)c2N1. The molecule has 2 aromatic heterocycles. The molecule has 4 rings (SSSR count). The van der Waals surface area contributed by atoms with Gasteiger partial charge in [0.05, 0.1) is 22.1 Å². The number of hydrogen-bond donors (Lipinski definition) is 3. The summed E-state index contributed by atoms with van der Waals surface area (Å²) in [6, 6.07) is 10.9. The highest BCUT2D eigenvalue weighted by Crippen LogP contribution is 2.36. The molecule has 3 aromatic rings. The smallest absolute Gasteiger partial charge is 0.242 e. The van der Waals surface area contributed by atoms with Crippen LogP contribution < -0.4 is 16.0 Å². The second kappa shape index (κ2) is 7.20. The molecule has 1 aliphatic heterocycles. The van der Waals surface area contributed by atoms with Gasteiger partial charge in [0.2, 0.25) is 11.9 Å². The molecular formula is C19H17ClN6O. The van der Waals surface area contributed by atoms with Crippen LogP contribution in [0.25, 0.3) is 11.4 Å². The van der Waals surface area contributed by atoms with E-state index in [2.05, 4.69) is 30.9 Å². The number of amides is 1. The van der Waals surface area contributed by atoms with Crippen molar-refractivity contribution in [2.24, 2.45) is 0 Å². The van der Waals surface area contributed by atoms with Crippen LogP contribution in [0.2, 0.25) is 5.02 Å². The number of halogens is 1. The van der Waals surface area contributed by atoms with Crippen LogP contribution in [0, 0.1) is 0 Å².